The molecular formula is C21H28N6OS. The summed E-state index contributed by atoms with van der Waals surface area (Å²) in [4.78, 5) is 14.5. The first-order valence-corrected chi connectivity index (χ1v) is 10.7. The number of benzene rings is 1. The largest absolute Gasteiger partial charge is 0.356 e. The molecule has 0 spiro atoms. The third kappa shape index (κ3) is 5.87. The second-order valence-corrected chi connectivity index (χ2v) is 8.03. The maximum atomic E-state index is 5.28. The Morgan fingerprint density at radius 1 is 1.07 bits per heavy atom. The summed E-state index contributed by atoms with van der Waals surface area (Å²) in [5, 5.41) is 11.8. The lowest BCUT2D eigenvalue weighted by Gasteiger charge is -2.11. The summed E-state index contributed by atoms with van der Waals surface area (Å²) < 4.78 is 5.28. The highest BCUT2D eigenvalue weighted by Crippen LogP contribution is 2.18. The molecule has 1 aromatic carbocycles. The van der Waals surface area contributed by atoms with Gasteiger partial charge in [0.2, 0.25) is 0 Å². The Morgan fingerprint density at radius 2 is 1.79 bits per heavy atom. The van der Waals surface area contributed by atoms with E-state index in [9.17, 15) is 0 Å². The van der Waals surface area contributed by atoms with E-state index in [1.54, 1.807) is 18.4 Å². The average molecular weight is 413 g/mol. The highest BCUT2D eigenvalue weighted by Gasteiger charge is 2.08. The summed E-state index contributed by atoms with van der Waals surface area (Å²) >= 11 is 1.76. The van der Waals surface area contributed by atoms with Crippen molar-refractivity contribution in [2.45, 2.75) is 40.0 Å². The summed E-state index contributed by atoms with van der Waals surface area (Å²) in [5.74, 6) is 2.11. The Bertz CT molecular complexity index is 925. The monoisotopic (exact) mass is 412 g/mol. The van der Waals surface area contributed by atoms with E-state index < -0.39 is 0 Å². The molecule has 3 rings (SSSR count). The molecular weight excluding hydrogens is 384 g/mol. The van der Waals surface area contributed by atoms with Gasteiger partial charge in [0.05, 0.1) is 10.7 Å². The fourth-order valence-corrected chi connectivity index (χ4v) is 3.74. The van der Waals surface area contributed by atoms with Crippen molar-refractivity contribution >= 4 is 17.3 Å². The van der Waals surface area contributed by atoms with E-state index in [1.165, 1.54) is 10.4 Å². The van der Waals surface area contributed by atoms with E-state index in [0.717, 1.165) is 60.4 Å². The number of nitrogens with one attached hydrogen (secondary N) is 2. The van der Waals surface area contributed by atoms with Crippen molar-refractivity contribution < 1.29 is 4.52 Å². The number of rotatable bonds is 8. The fourth-order valence-electron chi connectivity index (χ4n) is 2.81. The molecule has 0 amide bonds. The molecule has 0 fully saturated rings. The number of nitrogens with zero attached hydrogens (tertiary/aromatic N) is 4. The maximum Gasteiger partial charge on any atom is 0.257 e. The number of aliphatic imine (C=N–C) groups is 1. The van der Waals surface area contributed by atoms with Crippen molar-refractivity contribution in [3.63, 3.8) is 0 Å². The Hall–Kier alpha value is -2.74. The Labute approximate surface area is 175 Å². The quantitative estimate of drug-likeness (QED) is 0.436. The van der Waals surface area contributed by atoms with Gasteiger partial charge in [-0.15, -0.1) is 11.3 Å². The molecule has 0 aliphatic heterocycles. The van der Waals surface area contributed by atoms with E-state index in [-0.39, 0.29) is 0 Å². The van der Waals surface area contributed by atoms with E-state index in [0.29, 0.717) is 5.89 Å². The van der Waals surface area contributed by atoms with Crippen LogP contribution in [0.15, 0.2) is 33.8 Å². The van der Waals surface area contributed by atoms with Crippen LogP contribution in [0.25, 0.3) is 11.5 Å². The van der Waals surface area contributed by atoms with Gasteiger partial charge in [0.1, 0.15) is 0 Å². The highest BCUT2D eigenvalue weighted by atomic mass is 32.1. The molecule has 0 saturated heterocycles. The zero-order chi connectivity index (χ0) is 20.6. The van der Waals surface area contributed by atoms with Crippen LogP contribution in [-0.2, 0) is 19.3 Å². The van der Waals surface area contributed by atoms with Gasteiger partial charge in [-0.1, -0.05) is 24.2 Å². The number of hydrogen-bond donors (Lipinski definition) is 2. The van der Waals surface area contributed by atoms with Crippen molar-refractivity contribution in [2.24, 2.45) is 4.99 Å². The minimum atomic E-state index is 0.571. The lowest BCUT2D eigenvalue weighted by Crippen LogP contribution is -2.39. The second kappa shape index (κ2) is 10.2. The zero-order valence-electron chi connectivity index (χ0n) is 17.5. The smallest absolute Gasteiger partial charge is 0.257 e. The average Bonchev–Trinajstić information content (AvgIpc) is 3.34. The van der Waals surface area contributed by atoms with Gasteiger partial charge in [0, 0.05) is 43.4 Å². The number of guanidine groups is 1. The highest BCUT2D eigenvalue weighted by molar-refractivity contribution is 7.11. The van der Waals surface area contributed by atoms with Crippen molar-refractivity contribution in [1.82, 2.24) is 25.8 Å². The molecule has 8 heteroatoms. The van der Waals surface area contributed by atoms with Crippen LogP contribution < -0.4 is 10.6 Å². The Kier molecular flexibility index (Phi) is 7.35. The first-order valence-electron chi connectivity index (χ1n) is 9.88. The number of hydrogen-bond acceptors (Lipinski definition) is 6. The number of aromatic nitrogens is 3. The van der Waals surface area contributed by atoms with Crippen LogP contribution in [0.5, 0.6) is 0 Å². The molecule has 0 aliphatic carbocycles. The molecule has 2 N–H and O–H groups in total. The minimum absolute atomic E-state index is 0.571. The van der Waals surface area contributed by atoms with Crippen molar-refractivity contribution in [3.8, 4) is 11.5 Å². The van der Waals surface area contributed by atoms with E-state index in [4.69, 9.17) is 4.52 Å². The zero-order valence-corrected chi connectivity index (χ0v) is 18.3. The predicted octanol–water partition coefficient (Wildman–Crippen LogP) is 3.32. The number of thiazole rings is 1. The predicted molar refractivity (Wildman–Crippen MR) is 117 cm³/mol. The van der Waals surface area contributed by atoms with Crippen LogP contribution in [0.3, 0.4) is 0 Å². The van der Waals surface area contributed by atoms with Gasteiger partial charge >= 0.3 is 0 Å². The molecule has 2 aromatic heterocycles. The standard InChI is InChI=1S/C21H28N6OS/c1-5-18-26-20(28-27-18)17-8-6-16(7-9-17)10-12-23-21(22-4)24-13-11-19-25-14(2)15(3)29-19/h6-9H,5,10-13H2,1-4H3,(H2,22,23,24). The van der Waals surface area contributed by atoms with Gasteiger partial charge in [0.15, 0.2) is 11.8 Å². The lowest BCUT2D eigenvalue weighted by atomic mass is 10.1. The van der Waals surface area contributed by atoms with Crippen molar-refractivity contribution in [3.05, 3.63) is 51.2 Å². The topological polar surface area (TPSA) is 88.2 Å². The molecule has 0 bridgehead atoms. The molecule has 0 unspecified atom stereocenters. The molecule has 0 saturated carbocycles. The molecule has 2 heterocycles. The third-order valence-corrected chi connectivity index (χ3v) is 5.75. The summed E-state index contributed by atoms with van der Waals surface area (Å²) in [6.45, 7) is 7.79. The van der Waals surface area contributed by atoms with E-state index >= 15 is 0 Å². The molecule has 0 radical (unpaired) electrons. The molecule has 0 atom stereocenters. The van der Waals surface area contributed by atoms with Gasteiger partial charge in [-0.2, -0.15) is 4.98 Å². The van der Waals surface area contributed by atoms with Crippen LogP contribution >= 0.6 is 11.3 Å². The van der Waals surface area contributed by atoms with E-state index in [2.05, 4.69) is 56.7 Å². The van der Waals surface area contributed by atoms with Crippen LogP contribution in [0.4, 0.5) is 0 Å². The van der Waals surface area contributed by atoms with Gasteiger partial charge in [0.25, 0.3) is 5.89 Å². The van der Waals surface area contributed by atoms with Crippen molar-refractivity contribution in [1.29, 1.82) is 0 Å². The molecule has 3 aromatic rings. The van der Waals surface area contributed by atoms with Crippen molar-refractivity contribution in [2.75, 3.05) is 20.1 Å². The normalized spacial score (nSPS) is 11.7. The molecule has 29 heavy (non-hydrogen) atoms. The van der Waals surface area contributed by atoms with Crippen LogP contribution in [-0.4, -0.2) is 41.2 Å². The maximum absolute atomic E-state index is 5.28. The fraction of sp³-hybridized carbons (Fsp3) is 0.429. The van der Waals surface area contributed by atoms with Crippen LogP contribution in [0.2, 0.25) is 0 Å². The molecule has 0 aliphatic rings. The summed E-state index contributed by atoms with van der Waals surface area (Å²) in [6.07, 6.45) is 2.57. The molecule has 154 valence electrons. The van der Waals surface area contributed by atoms with Gasteiger partial charge in [-0.05, 0) is 38.0 Å². The summed E-state index contributed by atoms with van der Waals surface area (Å²) in [5.41, 5.74) is 3.31. The second-order valence-electron chi connectivity index (χ2n) is 6.74. The summed E-state index contributed by atoms with van der Waals surface area (Å²) in [7, 11) is 1.79. The Morgan fingerprint density at radius 3 is 2.38 bits per heavy atom. The van der Waals surface area contributed by atoms with Gasteiger partial charge in [-0.25, -0.2) is 4.98 Å². The lowest BCUT2D eigenvalue weighted by molar-refractivity contribution is 0.423. The Balaban J connectivity index is 1.42. The summed E-state index contributed by atoms with van der Waals surface area (Å²) in [6, 6.07) is 8.23. The first kappa shape index (κ1) is 21.0. The van der Waals surface area contributed by atoms with Gasteiger partial charge in [-0.3, -0.25) is 4.99 Å². The molecule has 7 nitrogen and oxygen atoms in total. The number of aryl methyl sites for hydroxylation is 3. The van der Waals surface area contributed by atoms with Gasteiger partial charge < -0.3 is 15.2 Å². The minimum Gasteiger partial charge on any atom is -0.356 e. The first-order chi connectivity index (χ1) is 14.1. The SMILES string of the molecule is CCc1noc(-c2ccc(CCNC(=NC)NCCc3nc(C)c(C)s3)cc2)n1. The third-order valence-electron chi connectivity index (χ3n) is 4.62. The van der Waals surface area contributed by atoms with Crippen LogP contribution in [0.1, 0.15) is 33.9 Å². The van der Waals surface area contributed by atoms with E-state index in [1.807, 2.05) is 19.1 Å². The van der Waals surface area contributed by atoms with Crippen LogP contribution in [0, 0.1) is 13.8 Å².